The van der Waals surface area contributed by atoms with Crippen LogP contribution in [0.3, 0.4) is 0 Å². The van der Waals surface area contributed by atoms with E-state index in [0.717, 1.165) is 30.7 Å². The number of rotatable bonds is 5. The van der Waals surface area contributed by atoms with Crippen LogP contribution < -0.4 is 0 Å². The standard InChI is InChI=1S/C24H28/c1-6-22-20(12-11-17(2)18-13-14-18)15-21(19-9-7-8-10-19)16-23(22)24(3,4)5/h1,7-9,15-16,18H,2,10-14H2,3-5H3. The first kappa shape index (κ1) is 16.8. The van der Waals surface area contributed by atoms with Crippen molar-refractivity contribution in [1.82, 2.24) is 0 Å². The molecule has 0 N–H and O–H groups in total. The van der Waals surface area contributed by atoms with Crippen molar-refractivity contribution in [1.29, 1.82) is 0 Å². The number of hydrogen-bond donors (Lipinski definition) is 0. The minimum atomic E-state index is 0.0482. The molecule has 24 heavy (non-hydrogen) atoms. The van der Waals surface area contributed by atoms with Crippen LogP contribution in [0.15, 0.2) is 42.5 Å². The zero-order valence-corrected chi connectivity index (χ0v) is 15.3. The highest BCUT2D eigenvalue weighted by Crippen LogP contribution is 2.39. The maximum atomic E-state index is 5.93. The van der Waals surface area contributed by atoms with E-state index in [4.69, 9.17) is 6.42 Å². The van der Waals surface area contributed by atoms with Crippen LogP contribution in [0.25, 0.3) is 5.57 Å². The fourth-order valence-corrected chi connectivity index (χ4v) is 3.50. The molecular formula is C24H28. The van der Waals surface area contributed by atoms with Gasteiger partial charge < -0.3 is 0 Å². The molecule has 1 saturated carbocycles. The van der Waals surface area contributed by atoms with Crippen LogP contribution in [-0.4, -0.2) is 0 Å². The number of terminal acetylenes is 1. The van der Waals surface area contributed by atoms with Gasteiger partial charge in [-0.3, -0.25) is 0 Å². The van der Waals surface area contributed by atoms with E-state index in [-0.39, 0.29) is 5.41 Å². The summed E-state index contributed by atoms with van der Waals surface area (Å²) in [6.07, 6.45) is 18.3. The van der Waals surface area contributed by atoms with Gasteiger partial charge in [-0.15, -0.1) is 6.42 Å². The highest BCUT2D eigenvalue weighted by molar-refractivity contribution is 5.73. The van der Waals surface area contributed by atoms with Crippen LogP contribution in [0.1, 0.15) is 68.7 Å². The molecule has 0 bridgehead atoms. The van der Waals surface area contributed by atoms with Crippen LogP contribution in [-0.2, 0) is 11.8 Å². The topological polar surface area (TPSA) is 0 Å². The van der Waals surface area contributed by atoms with Crippen LogP contribution in [0.5, 0.6) is 0 Å². The van der Waals surface area contributed by atoms with Gasteiger partial charge in [-0.25, -0.2) is 0 Å². The van der Waals surface area contributed by atoms with Crippen molar-refractivity contribution >= 4 is 5.57 Å². The molecule has 0 aliphatic heterocycles. The highest BCUT2D eigenvalue weighted by Gasteiger charge is 2.25. The van der Waals surface area contributed by atoms with E-state index in [1.54, 1.807) is 0 Å². The molecule has 0 atom stereocenters. The summed E-state index contributed by atoms with van der Waals surface area (Å²) in [7, 11) is 0. The summed E-state index contributed by atoms with van der Waals surface area (Å²) in [4.78, 5) is 0. The summed E-state index contributed by atoms with van der Waals surface area (Å²) < 4.78 is 0. The van der Waals surface area contributed by atoms with Crippen LogP contribution in [0, 0.1) is 18.3 Å². The first-order valence-electron chi connectivity index (χ1n) is 9.08. The Balaban J connectivity index is 1.98. The van der Waals surface area contributed by atoms with E-state index in [0.29, 0.717) is 0 Å². The van der Waals surface area contributed by atoms with E-state index in [2.05, 4.69) is 63.6 Å². The molecule has 2 aliphatic carbocycles. The lowest BCUT2D eigenvalue weighted by molar-refractivity contribution is 0.587. The summed E-state index contributed by atoms with van der Waals surface area (Å²) in [5.41, 5.74) is 7.88. The summed E-state index contributed by atoms with van der Waals surface area (Å²) in [5.74, 6) is 3.76. The average molecular weight is 316 g/mol. The Morgan fingerprint density at radius 3 is 2.58 bits per heavy atom. The van der Waals surface area contributed by atoms with Crippen LogP contribution in [0.4, 0.5) is 0 Å². The van der Waals surface area contributed by atoms with Crippen molar-refractivity contribution in [2.75, 3.05) is 0 Å². The summed E-state index contributed by atoms with van der Waals surface area (Å²) >= 11 is 0. The maximum Gasteiger partial charge on any atom is 0.0312 e. The van der Waals surface area contributed by atoms with E-state index >= 15 is 0 Å². The number of benzene rings is 1. The van der Waals surface area contributed by atoms with Gasteiger partial charge in [0.05, 0.1) is 0 Å². The first-order chi connectivity index (χ1) is 11.4. The Morgan fingerprint density at radius 1 is 1.29 bits per heavy atom. The zero-order valence-electron chi connectivity index (χ0n) is 15.3. The molecule has 0 unspecified atom stereocenters. The molecule has 3 rings (SSSR count). The average Bonchev–Trinajstić information content (AvgIpc) is 3.25. The predicted molar refractivity (Wildman–Crippen MR) is 105 cm³/mol. The normalized spacial score (nSPS) is 16.8. The quantitative estimate of drug-likeness (QED) is 0.447. The third kappa shape index (κ3) is 3.57. The lowest BCUT2D eigenvalue weighted by Gasteiger charge is -2.25. The third-order valence-electron chi connectivity index (χ3n) is 5.18. The number of hydrogen-bond acceptors (Lipinski definition) is 0. The summed E-state index contributed by atoms with van der Waals surface area (Å²) in [5, 5.41) is 0. The molecule has 0 nitrogen and oxygen atoms in total. The zero-order chi connectivity index (χ0) is 17.3. The van der Waals surface area contributed by atoms with Crippen LogP contribution >= 0.6 is 0 Å². The SMILES string of the molecule is C#Cc1c(CCC(=C)C2CC2)cc(C2=CC=CC2)cc1C(C)(C)C. The second kappa shape index (κ2) is 6.48. The maximum absolute atomic E-state index is 5.93. The third-order valence-corrected chi connectivity index (χ3v) is 5.18. The van der Waals surface area contributed by atoms with E-state index < -0.39 is 0 Å². The lowest BCUT2D eigenvalue weighted by atomic mass is 9.79. The molecule has 1 aromatic rings. The van der Waals surface area contributed by atoms with Crippen molar-refractivity contribution in [3.8, 4) is 12.3 Å². The molecule has 124 valence electrons. The lowest BCUT2D eigenvalue weighted by Crippen LogP contribution is -2.15. The Labute approximate surface area is 147 Å². The van der Waals surface area contributed by atoms with Gasteiger partial charge in [0.25, 0.3) is 0 Å². The molecule has 0 saturated heterocycles. The second-order valence-corrected chi connectivity index (χ2v) is 8.21. The number of aryl methyl sites for hydroxylation is 1. The van der Waals surface area contributed by atoms with Gasteiger partial charge in [0.1, 0.15) is 0 Å². The molecule has 0 amide bonds. The van der Waals surface area contributed by atoms with Crippen LogP contribution in [0.2, 0.25) is 0 Å². The monoisotopic (exact) mass is 316 g/mol. The van der Waals surface area contributed by atoms with Crippen molar-refractivity contribution in [2.45, 2.75) is 58.3 Å². The molecule has 0 heterocycles. The largest absolute Gasteiger partial charge is 0.115 e. The second-order valence-electron chi connectivity index (χ2n) is 8.21. The molecule has 0 radical (unpaired) electrons. The van der Waals surface area contributed by atoms with Gasteiger partial charge >= 0.3 is 0 Å². The predicted octanol–water partition coefficient (Wildman–Crippen LogP) is 6.21. The van der Waals surface area contributed by atoms with Crippen molar-refractivity contribution < 1.29 is 0 Å². The Kier molecular flexibility index (Phi) is 4.55. The smallest absolute Gasteiger partial charge is 0.0312 e. The Bertz CT molecular complexity index is 752. The van der Waals surface area contributed by atoms with E-state index in [1.165, 1.54) is 40.7 Å². The molecule has 2 aliphatic rings. The van der Waals surface area contributed by atoms with Crippen molar-refractivity contribution in [3.63, 3.8) is 0 Å². The van der Waals surface area contributed by atoms with Gasteiger partial charge in [-0.1, -0.05) is 63.1 Å². The van der Waals surface area contributed by atoms with Gasteiger partial charge in [0, 0.05) is 5.56 Å². The minimum Gasteiger partial charge on any atom is -0.115 e. The van der Waals surface area contributed by atoms with E-state index in [9.17, 15) is 0 Å². The van der Waals surface area contributed by atoms with Gasteiger partial charge in [0.15, 0.2) is 0 Å². The number of allylic oxidation sites excluding steroid dienone is 5. The molecule has 1 fully saturated rings. The van der Waals surface area contributed by atoms with Gasteiger partial charge in [-0.2, -0.15) is 0 Å². The minimum absolute atomic E-state index is 0.0482. The van der Waals surface area contributed by atoms with Crippen molar-refractivity contribution in [3.05, 3.63) is 64.8 Å². The molecule has 0 aromatic heterocycles. The highest BCUT2D eigenvalue weighted by atomic mass is 14.3. The summed E-state index contributed by atoms with van der Waals surface area (Å²) in [6, 6.07) is 4.64. The Hall–Kier alpha value is -2.00. The first-order valence-corrected chi connectivity index (χ1v) is 9.08. The molecule has 0 spiro atoms. The van der Waals surface area contributed by atoms with Gasteiger partial charge in [-0.05, 0) is 71.8 Å². The van der Waals surface area contributed by atoms with E-state index in [1.807, 2.05) is 0 Å². The fraction of sp³-hybridized carbons (Fsp3) is 0.417. The summed E-state index contributed by atoms with van der Waals surface area (Å²) in [6.45, 7) is 11.0. The van der Waals surface area contributed by atoms with Gasteiger partial charge in [0.2, 0.25) is 0 Å². The fourth-order valence-electron chi connectivity index (χ4n) is 3.50. The molecule has 1 aromatic carbocycles. The molecular weight excluding hydrogens is 288 g/mol. The van der Waals surface area contributed by atoms with Crippen molar-refractivity contribution in [2.24, 2.45) is 5.92 Å². The Morgan fingerprint density at radius 2 is 2.04 bits per heavy atom. The molecule has 0 heteroatoms.